The van der Waals surface area contributed by atoms with Gasteiger partial charge in [-0.25, -0.2) is 0 Å². The molecule has 2 aromatic rings. The lowest BCUT2D eigenvalue weighted by Gasteiger charge is -2.20. The Kier molecular flexibility index (Phi) is 4.84. The van der Waals surface area contributed by atoms with Crippen LogP contribution in [0.25, 0.3) is 0 Å². The van der Waals surface area contributed by atoms with Gasteiger partial charge in [0.25, 0.3) is 0 Å². The van der Waals surface area contributed by atoms with Crippen LogP contribution in [-0.4, -0.2) is 42.8 Å². The van der Waals surface area contributed by atoms with Crippen molar-refractivity contribution in [2.24, 2.45) is 5.92 Å². The van der Waals surface area contributed by atoms with Crippen molar-refractivity contribution < 1.29 is 19.1 Å². The molecule has 1 aromatic heterocycles. The third-order valence-corrected chi connectivity index (χ3v) is 4.68. The second-order valence-corrected chi connectivity index (χ2v) is 6.74. The van der Waals surface area contributed by atoms with Crippen molar-refractivity contribution in [1.29, 1.82) is 0 Å². The van der Waals surface area contributed by atoms with E-state index >= 15 is 0 Å². The van der Waals surface area contributed by atoms with Crippen LogP contribution in [-0.2, 0) is 9.59 Å². The molecule has 0 bridgehead atoms. The average Bonchev–Trinajstić information content (AvgIpc) is 3.19. The van der Waals surface area contributed by atoms with Crippen LogP contribution >= 0.6 is 11.3 Å². The first-order valence-corrected chi connectivity index (χ1v) is 8.47. The van der Waals surface area contributed by atoms with Gasteiger partial charge in [0.2, 0.25) is 16.9 Å². The van der Waals surface area contributed by atoms with E-state index in [9.17, 15) is 9.59 Å². The first-order valence-electron chi connectivity index (χ1n) is 7.65. The summed E-state index contributed by atoms with van der Waals surface area (Å²) in [6, 6.07) is 5.22. The summed E-state index contributed by atoms with van der Waals surface area (Å²) in [6.45, 7) is 2.08. The molecule has 132 valence electrons. The molecule has 1 aliphatic rings. The minimum Gasteiger partial charge on any atom is -0.497 e. The number of ether oxygens (including phenoxy) is 2. The predicted molar refractivity (Wildman–Crippen MR) is 93.3 cm³/mol. The second-order valence-electron chi connectivity index (χ2n) is 5.56. The molecule has 9 heteroatoms. The summed E-state index contributed by atoms with van der Waals surface area (Å²) in [4.78, 5) is 26.4. The van der Waals surface area contributed by atoms with Gasteiger partial charge in [0.1, 0.15) is 16.5 Å². The zero-order valence-electron chi connectivity index (χ0n) is 14.1. The summed E-state index contributed by atoms with van der Waals surface area (Å²) in [6.07, 6.45) is 0.129. The van der Waals surface area contributed by atoms with E-state index in [1.807, 2.05) is 6.92 Å². The Hall–Kier alpha value is -2.68. The molecule has 0 aliphatic carbocycles. The molecular formula is C16H18N4O4S. The zero-order valence-corrected chi connectivity index (χ0v) is 14.9. The molecule has 0 spiro atoms. The molecule has 2 heterocycles. The van der Waals surface area contributed by atoms with Crippen LogP contribution in [0.5, 0.6) is 11.5 Å². The lowest BCUT2D eigenvalue weighted by Crippen LogP contribution is -2.28. The van der Waals surface area contributed by atoms with Crippen LogP contribution in [0.4, 0.5) is 10.8 Å². The standard InChI is InChI=1S/C16H18N4O4S/c1-9-18-19-16(25-9)17-15(22)10-6-14(21)20(8-10)12-7-11(23-2)4-5-13(12)24-3/h4-5,7,10H,6,8H2,1-3H3,(H,17,19,22)/t10-/m0/s1. The van der Waals surface area contributed by atoms with Crippen LogP contribution in [0.15, 0.2) is 18.2 Å². The van der Waals surface area contributed by atoms with E-state index in [0.717, 1.165) is 5.01 Å². The highest BCUT2D eigenvalue weighted by molar-refractivity contribution is 7.15. The van der Waals surface area contributed by atoms with Gasteiger partial charge in [0, 0.05) is 19.0 Å². The molecule has 2 amide bonds. The van der Waals surface area contributed by atoms with Crippen LogP contribution < -0.4 is 19.7 Å². The van der Waals surface area contributed by atoms with Gasteiger partial charge in [-0.3, -0.25) is 9.59 Å². The summed E-state index contributed by atoms with van der Waals surface area (Å²) in [5, 5.41) is 11.7. The topological polar surface area (TPSA) is 93.7 Å². The second kappa shape index (κ2) is 7.06. The van der Waals surface area contributed by atoms with Crippen molar-refractivity contribution in [2.45, 2.75) is 13.3 Å². The normalized spacial score (nSPS) is 16.8. The van der Waals surface area contributed by atoms with Gasteiger partial charge >= 0.3 is 0 Å². The summed E-state index contributed by atoms with van der Waals surface area (Å²) in [5.74, 6) is 0.317. The van der Waals surface area contributed by atoms with E-state index in [4.69, 9.17) is 9.47 Å². The van der Waals surface area contributed by atoms with Gasteiger partial charge in [-0.2, -0.15) is 0 Å². The number of amides is 2. The smallest absolute Gasteiger partial charge is 0.231 e. The summed E-state index contributed by atoms with van der Waals surface area (Å²) < 4.78 is 10.6. The van der Waals surface area contributed by atoms with Crippen molar-refractivity contribution in [3.05, 3.63) is 23.2 Å². The highest BCUT2D eigenvalue weighted by Gasteiger charge is 2.36. The third-order valence-electron chi connectivity index (χ3n) is 3.93. The fourth-order valence-electron chi connectivity index (χ4n) is 2.68. The van der Waals surface area contributed by atoms with E-state index in [2.05, 4.69) is 15.5 Å². The number of benzene rings is 1. The van der Waals surface area contributed by atoms with Crippen LogP contribution in [0.1, 0.15) is 11.4 Å². The Labute approximate surface area is 148 Å². The molecule has 0 saturated carbocycles. The van der Waals surface area contributed by atoms with E-state index in [1.165, 1.54) is 18.4 Å². The van der Waals surface area contributed by atoms with Gasteiger partial charge in [-0.1, -0.05) is 11.3 Å². The Bertz CT molecular complexity index is 807. The number of carbonyl (C=O) groups excluding carboxylic acids is 2. The maximum atomic E-state index is 12.4. The van der Waals surface area contributed by atoms with Crippen molar-refractivity contribution in [3.63, 3.8) is 0 Å². The number of methoxy groups -OCH3 is 2. The van der Waals surface area contributed by atoms with Crippen LogP contribution in [0, 0.1) is 12.8 Å². The third kappa shape index (κ3) is 3.55. The van der Waals surface area contributed by atoms with Gasteiger partial charge in [-0.15, -0.1) is 10.2 Å². The van der Waals surface area contributed by atoms with E-state index in [1.54, 1.807) is 30.2 Å². The van der Waals surface area contributed by atoms with Crippen molar-refractivity contribution in [3.8, 4) is 11.5 Å². The molecule has 3 rings (SSSR count). The Morgan fingerprint density at radius 3 is 2.76 bits per heavy atom. The van der Waals surface area contributed by atoms with Crippen molar-refractivity contribution in [2.75, 3.05) is 31.0 Å². The molecule has 1 saturated heterocycles. The largest absolute Gasteiger partial charge is 0.497 e. The molecule has 0 radical (unpaired) electrons. The van der Waals surface area contributed by atoms with Crippen LogP contribution in [0.3, 0.4) is 0 Å². The first kappa shape index (κ1) is 17.2. The molecule has 25 heavy (non-hydrogen) atoms. The summed E-state index contributed by atoms with van der Waals surface area (Å²) in [5.41, 5.74) is 0.592. The molecular weight excluding hydrogens is 344 g/mol. The monoisotopic (exact) mass is 362 g/mol. The maximum Gasteiger partial charge on any atom is 0.231 e. The Morgan fingerprint density at radius 2 is 2.12 bits per heavy atom. The molecule has 1 atom stereocenters. The lowest BCUT2D eigenvalue weighted by molar-refractivity contribution is -0.122. The van der Waals surface area contributed by atoms with Gasteiger partial charge < -0.3 is 19.7 Å². The fraction of sp³-hybridized carbons (Fsp3) is 0.375. The average molecular weight is 362 g/mol. The number of carbonyl (C=O) groups is 2. The number of hydrogen-bond acceptors (Lipinski definition) is 7. The zero-order chi connectivity index (χ0) is 18.0. The number of aryl methyl sites for hydroxylation is 1. The number of aromatic nitrogens is 2. The number of nitrogens with one attached hydrogen (secondary N) is 1. The number of hydrogen-bond donors (Lipinski definition) is 1. The summed E-state index contributed by atoms with van der Waals surface area (Å²) in [7, 11) is 3.09. The molecule has 1 aliphatic heterocycles. The number of anilines is 2. The first-order chi connectivity index (χ1) is 12.0. The predicted octanol–water partition coefficient (Wildman–Crippen LogP) is 1.86. The highest BCUT2D eigenvalue weighted by atomic mass is 32.1. The molecule has 1 N–H and O–H groups in total. The Balaban J connectivity index is 1.77. The maximum absolute atomic E-state index is 12.4. The molecule has 8 nitrogen and oxygen atoms in total. The fourth-order valence-corrected chi connectivity index (χ4v) is 3.27. The SMILES string of the molecule is COc1ccc(OC)c(N2C[C@@H](C(=O)Nc3nnc(C)s3)CC2=O)c1. The van der Waals surface area contributed by atoms with Crippen molar-refractivity contribution >= 4 is 34.0 Å². The van der Waals surface area contributed by atoms with E-state index in [0.29, 0.717) is 22.3 Å². The lowest BCUT2D eigenvalue weighted by atomic mass is 10.1. The highest BCUT2D eigenvalue weighted by Crippen LogP contribution is 2.36. The van der Waals surface area contributed by atoms with Gasteiger partial charge in [0.05, 0.1) is 25.8 Å². The van der Waals surface area contributed by atoms with E-state index in [-0.39, 0.29) is 24.8 Å². The van der Waals surface area contributed by atoms with E-state index < -0.39 is 5.92 Å². The van der Waals surface area contributed by atoms with Gasteiger partial charge in [-0.05, 0) is 19.1 Å². The van der Waals surface area contributed by atoms with Crippen LogP contribution in [0.2, 0.25) is 0 Å². The van der Waals surface area contributed by atoms with Crippen molar-refractivity contribution in [1.82, 2.24) is 10.2 Å². The minimum atomic E-state index is -0.465. The van der Waals surface area contributed by atoms with Gasteiger partial charge in [0.15, 0.2) is 0 Å². The summed E-state index contributed by atoms with van der Waals surface area (Å²) >= 11 is 1.29. The molecule has 1 fully saturated rings. The number of nitrogens with zero attached hydrogens (tertiary/aromatic N) is 3. The Morgan fingerprint density at radius 1 is 1.32 bits per heavy atom. The number of rotatable bonds is 5. The minimum absolute atomic E-state index is 0.129. The quantitative estimate of drug-likeness (QED) is 0.872. The molecule has 0 unspecified atom stereocenters. The molecule has 1 aromatic carbocycles.